The van der Waals surface area contributed by atoms with Crippen molar-refractivity contribution < 1.29 is 14.0 Å². The zero-order chi connectivity index (χ0) is 12.3. The third kappa shape index (κ3) is 3.61. The summed E-state index contributed by atoms with van der Waals surface area (Å²) in [6, 6.07) is 0. The van der Waals surface area contributed by atoms with E-state index in [0.717, 1.165) is 24.1 Å². The Balaban J connectivity index is 2.56. The van der Waals surface area contributed by atoms with Crippen LogP contribution in [0.3, 0.4) is 0 Å². The standard InChI is InChI=1S/C12H22N2O2/c1-6-11(13-12(15)9(2)3)14(4,5)7-10-8-16-10/h10-11H,2,6-8H2,1,3-5H3/p+1. The summed E-state index contributed by atoms with van der Waals surface area (Å²) < 4.78 is 6.00. The quantitative estimate of drug-likeness (QED) is 0.317. The molecule has 0 aliphatic carbocycles. The average molecular weight is 227 g/mol. The molecular formula is C12H23N2O2+. The molecule has 2 atom stereocenters. The van der Waals surface area contributed by atoms with Crippen LogP contribution >= 0.6 is 0 Å². The number of carbonyl (C=O) groups excluding carboxylic acids is 1. The summed E-state index contributed by atoms with van der Waals surface area (Å²) in [5.74, 6) is -0.0604. The molecule has 0 aromatic heterocycles. The van der Waals surface area contributed by atoms with Crippen LogP contribution in [0.4, 0.5) is 0 Å². The summed E-state index contributed by atoms with van der Waals surface area (Å²) >= 11 is 0. The van der Waals surface area contributed by atoms with Gasteiger partial charge in [0.2, 0.25) is 0 Å². The van der Waals surface area contributed by atoms with Gasteiger partial charge in [-0.05, 0) is 6.92 Å². The summed E-state index contributed by atoms with van der Waals surface area (Å²) in [6.07, 6.45) is 1.39. The number of carbonyl (C=O) groups is 1. The molecule has 0 saturated carbocycles. The van der Waals surface area contributed by atoms with Gasteiger partial charge in [-0.3, -0.25) is 4.79 Å². The van der Waals surface area contributed by atoms with Crippen LogP contribution < -0.4 is 5.32 Å². The largest absolute Gasteiger partial charge is 0.367 e. The number of likely N-dealkylation sites (N-methyl/N-ethyl adjacent to an activating group) is 1. The van der Waals surface area contributed by atoms with Crippen LogP contribution in [0.2, 0.25) is 0 Å². The van der Waals surface area contributed by atoms with E-state index in [0.29, 0.717) is 11.7 Å². The first kappa shape index (κ1) is 13.2. The van der Waals surface area contributed by atoms with Crippen LogP contribution in [-0.2, 0) is 9.53 Å². The Kier molecular flexibility index (Phi) is 4.10. The lowest BCUT2D eigenvalue weighted by Crippen LogP contribution is -2.58. The number of quaternary nitrogens is 1. The van der Waals surface area contributed by atoms with Gasteiger partial charge in [0.1, 0.15) is 12.6 Å². The highest BCUT2D eigenvalue weighted by atomic mass is 16.6. The van der Waals surface area contributed by atoms with Gasteiger partial charge in [-0.1, -0.05) is 13.5 Å². The highest BCUT2D eigenvalue weighted by Gasteiger charge is 2.36. The van der Waals surface area contributed by atoms with Crippen molar-refractivity contribution in [3.05, 3.63) is 12.2 Å². The van der Waals surface area contributed by atoms with Crippen molar-refractivity contribution in [3.63, 3.8) is 0 Å². The number of amides is 1. The molecule has 0 aromatic carbocycles. The van der Waals surface area contributed by atoms with Gasteiger partial charge in [-0.25, -0.2) is 0 Å². The predicted octanol–water partition coefficient (Wildman–Crippen LogP) is 0.890. The highest BCUT2D eigenvalue weighted by Crippen LogP contribution is 2.17. The molecule has 0 aromatic rings. The van der Waals surface area contributed by atoms with Gasteiger partial charge in [0.15, 0.2) is 6.17 Å². The minimum Gasteiger partial charge on any atom is -0.367 e. The normalized spacial score (nSPS) is 21.4. The van der Waals surface area contributed by atoms with Crippen molar-refractivity contribution in [1.82, 2.24) is 5.32 Å². The zero-order valence-corrected chi connectivity index (χ0v) is 10.7. The lowest BCUT2D eigenvalue weighted by atomic mass is 10.2. The highest BCUT2D eigenvalue weighted by molar-refractivity contribution is 5.92. The predicted molar refractivity (Wildman–Crippen MR) is 63.8 cm³/mol. The van der Waals surface area contributed by atoms with E-state index in [1.54, 1.807) is 6.92 Å². The van der Waals surface area contributed by atoms with Gasteiger partial charge < -0.3 is 14.5 Å². The second-order valence-corrected chi connectivity index (χ2v) is 5.09. The van der Waals surface area contributed by atoms with Crippen molar-refractivity contribution in [2.45, 2.75) is 32.5 Å². The molecule has 0 radical (unpaired) electrons. The number of hydrogen-bond donors (Lipinski definition) is 1. The Hall–Kier alpha value is -0.870. The van der Waals surface area contributed by atoms with Crippen molar-refractivity contribution in [3.8, 4) is 0 Å². The fourth-order valence-corrected chi connectivity index (χ4v) is 1.87. The second-order valence-electron chi connectivity index (χ2n) is 5.09. The van der Waals surface area contributed by atoms with E-state index in [-0.39, 0.29) is 12.1 Å². The van der Waals surface area contributed by atoms with E-state index in [2.05, 4.69) is 32.9 Å². The molecule has 0 spiro atoms. The van der Waals surface area contributed by atoms with E-state index >= 15 is 0 Å². The summed E-state index contributed by atoms with van der Waals surface area (Å²) in [7, 11) is 4.24. The van der Waals surface area contributed by atoms with Crippen molar-refractivity contribution in [2.75, 3.05) is 27.2 Å². The van der Waals surface area contributed by atoms with E-state index in [4.69, 9.17) is 4.74 Å². The Morgan fingerprint density at radius 2 is 2.19 bits per heavy atom. The molecule has 1 heterocycles. The van der Waals surface area contributed by atoms with Crippen LogP contribution in [0.5, 0.6) is 0 Å². The monoisotopic (exact) mass is 227 g/mol. The zero-order valence-electron chi connectivity index (χ0n) is 10.7. The van der Waals surface area contributed by atoms with Gasteiger partial charge in [0, 0.05) is 12.0 Å². The lowest BCUT2D eigenvalue weighted by molar-refractivity contribution is -0.917. The maximum absolute atomic E-state index is 11.6. The number of epoxide rings is 1. The SMILES string of the molecule is C=C(C)C(=O)NC(CC)[N+](C)(C)CC1CO1. The molecule has 1 fully saturated rings. The smallest absolute Gasteiger partial charge is 0.250 e. The third-order valence-electron chi connectivity index (χ3n) is 2.99. The minimum absolute atomic E-state index is 0.0604. The molecule has 1 amide bonds. The van der Waals surface area contributed by atoms with Gasteiger partial charge in [-0.15, -0.1) is 0 Å². The van der Waals surface area contributed by atoms with Crippen LogP contribution in [0.25, 0.3) is 0 Å². The number of hydrogen-bond acceptors (Lipinski definition) is 2. The summed E-state index contributed by atoms with van der Waals surface area (Å²) in [5.41, 5.74) is 0.557. The maximum atomic E-state index is 11.6. The molecule has 92 valence electrons. The number of rotatable bonds is 6. The first-order valence-electron chi connectivity index (χ1n) is 5.77. The molecule has 2 unspecified atom stereocenters. The van der Waals surface area contributed by atoms with Gasteiger partial charge >= 0.3 is 0 Å². The lowest BCUT2D eigenvalue weighted by Gasteiger charge is -2.37. The topological polar surface area (TPSA) is 41.6 Å². The van der Waals surface area contributed by atoms with Crippen molar-refractivity contribution >= 4 is 5.91 Å². The van der Waals surface area contributed by atoms with E-state index < -0.39 is 0 Å². The average Bonchev–Trinajstić information content (AvgIpc) is 2.96. The van der Waals surface area contributed by atoms with Crippen LogP contribution in [0.1, 0.15) is 20.3 Å². The Morgan fingerprint density at radius 1 is 1.62 bits per heavy atom. The molecule has 0 bridgehead atoms. The van der Waals surface area contributed by atoms with Gasteiger partial charge in [0.25, 0.3) is 5.91 Å². The van der Waals surface area contributed by atoms with Crippen molar-refractivity contribution in [2.24, 2.45) is 0 Å². The fraction of sp³-hybridized carbons (Fsp3) is 0.750. The molecule has 4 heteroatoms. The molecule has 1 saturated heterocycles. The van der Waals surface area contributed by atoms with E-state index in [1.807, 2.05) is 0 Å². The van der Waals surface area contributed by atoms with Gasteiger partial charge in [-0.2, -0.15) is 0 Å². The molecule has 16 heavy (non-hydrogen) atoms. The minimum atomic E-state index is -0.0604. The molecule has 1 aliphatic rings. The molecule has 1 rings (SSSR count). The number of nitrogens with one attached hydrogen (secondary N) is 1. The molecule has 4 nitrogen and oxygen atoms in total. The van der Waals surface area contributed by atoms with E-state index in [9.17, 15) is 4.79 Å². The number of ether oxygens (including phenoxy) is 1. The fourth-order valence-electron chi connectivity index (χ4n) is 1.87. The Labute approximate surface area is 97.9 Å². The first-order valence-corrected chi connectivity index (χ1v) is 5.77. The van der Waals surface area contributed by atoms with Crippen LogP contribution in [0.15, 0.2) is 12.2 Å². The molecular weight excluding hydrogens is 204 g/mol. The summed E-state index contributed by atoms with van der Waals surface area (Å²) in [5, 5.41) is 3.02. The van der Waals surface area contributed by atoms with Gasteiger partial charge in [0.05, 0.1) is 20.7 Å². The maximum Gasteiger partial charge on any atom is 0.250 e. The second kappa shape index (κ2) is 4.97. The third-order valence-corrected chi connectivity index (χ3v) is 2.99. The molecule has 1 N–H and O–H groups in total. The Bertz CT molecular complexity index is 283. The number of nitrogens with zero attached hydrogens (tertiary/aromatic N) is 1. The molecule has 1 aliphatic heterocycles. The summed E-state index contributed by atoms with van der Waals surface area (Å²) in [4.78, 5) is 11.6. The van der Waals surface area contributed by atoms with Crippen molar-refractivity contribution in [1.29, 1.82) is 0 Å². The van der Waals surface area contributed by atoms with Crippen LogP contribution in [-0.4, -0.2) is 49.9 Å². The Morgan fingerprint density at radius 3 is 2.56 bits per heavy atom. The van der Waals surface area contributed by atoms with E-state index in [1.165, 1.54) is 0 Å². The summed E-state index contributed by atoms with van der Waals surface area (Å²) in [6.45, 7) is 9.26. The van der Waals surface area contributed by atoms with Crippen LogP contribution in [0, 0.1) is 0 Å². The first-order chi connectivity index (χ1) is 7.36.